The van der Waals surface area contributed by atoms with Crippen LogP contribution in [0.4, 0.5) is 0 Å². The zero-order chi connectivity index (χ0) is 23.0. The van der Waals surface area contributed by atoms with E-state index in [2.05, 4.69) is 29.6 Å². The van der Waals surface area contributed by atoms with Gasteiger partial charge in [0.15, 0.2) is 0 Å². The summed E-state index contributed by atoms with van der Waals surface area (Å²) >= 11 is 0. The molecule has 0 fully saturated rings. The van der Waals surface area contributed by atoms with Crippen LogP contribution in [0.25, 0.3) is 11.1 Å². The van der Waals surface area contributed by atoms with Crippen LogP contribution >= 0.6 is 0 Å². The first kappa shape index (κ1) is 22.7. The van der Waals surface area contributed by atoms with E-state index in [1.807, 2.05) is 54.6 Å². The monoisotopic (exact) mass is 442 g/mol. The topological polar surface area (TPSA) is 81.4 Å². The summed E-state index contributed by atoms with van der Waals surface area (Å²) in [4.78, 5) is 25.6. The zero-order valence-electron chi connectivity index (χ0n) is 18.7. The SMILES string of the molecule is NCCCNC(=O)C(CC(=O)OCC1c2ccccc2-c2ccccc21)Cc1ccccc1. The molecule has 1 atom stereocenters. The van der Waals surface area contributed by atoms with E-state index in [0.29, 0.717) is 25.9 Å². The van der Waals surface area contributed by atoms with Gasteiger partial charge in [-0.3, -0.25) is 9.59 Å². The Hall–Kier alpha value is -3.44. The predicted molar refractivity (Wildman–Crippen MR) is 130 cm³/mol. The zero-order valence-corrected chi connectivity index (χ0v) is 18.7. The molecular formula is C28H30N2O3. The average Bonchev–Trinajstić information content (AvgIpc) is 3.17. The fourth-order valence-corrected chi connectivity index (χ4v) is 4.49. The Morgan fingerprint density at radius 2 is 1.48 bits per heavy atom. The number of esters is 1. The molecule has 0 spiro atoms. The number of hydrogen-bond donors (Lipinski definition) is 2. The van der Waals surface area contributed by atoms with Crippen LogP contribution in [0.15, 0.2) is 78.9 Å². The van der Waals surface area contributed by atoms with Crippen LogP contribution in [0.5, 0.6) is 0 Å². The van der Waals surface area contributed by atoms with Crippen molar-refractivity contribution in [3.63, 3.8) is 0 Å². The van der Waals surface area contributed by atoms with Crippen LogP contribution in [0, 0.1) is 5.92 Å². The fraction of sp³-hybridized carbons (Fsp3) is 0.286. The molecule has 5 nitrogen and oxygen atoms in total. The third-order valence-electron chi connectivity index (χ3n) is 6.16. The summed E-state index contributed by atoms with van der Waals surface area (Å²) in [7, 11) is 0. The molecule has 4 rings (SSSR count). The summed E-state index contributed by atoms with van der Waals surface area (Å²) in [5.74, 6) is -0.972. The molecule has 3 N–H and O–H groups in total. The second-order valence-corrected chi connectivity index (χ2v) is 8.43. The van der Waals surface area contributed by atoms with Gasteiger partial charge in [-0.05, 0) is 47.2 Å². The van der Waals surface area contributed by atoms with Crippen molar-refractivity contribution in [1.29, 1.82) is 0 Å². The van der Waals surface area contributed by atoms with Gasteiger partial charge in [0.25, 0.3) is 0 Å². The van der Waals surface area contributed by atoms with Gasteiger partial charge in [0.05, 0.1) is 12.3 Å². The molecule has 0 bridgehead atoms. The summed E-state index contributed by atoms with van der Waals surface area (Å²) in [5, 5.41) is 2.91. The summed E-state index contributed by atoms with van der Waals surface area (Å²) in [5.41, 5.74) is 11.3. The third kappa shape index (κ3) is 5.49. The van der Waals surface area contributed by atoms with Crippen molar-refractivity contribution in [1.82, 2.24) is 5.32 Å². The molecule has 0 aliphatic heterocycles. The van der Waals surface area contributed by atoms with Crippen molar-refractivity contribution in [3.8, 4) is 11.1 Å². The Morgan fingerprint density at radius 3 is 2.12 bits per heavy atom. The fourth-order valence-electron chi connectivity index (χ4n) is 4.49. The van der Waals surface area contributed by atoms with Gasteiger partial charge in [-0.2, -0.15) is 0 Å². The van der Waals surface area contributed by atoms with Crippen LogP contribution in [0.1, 0.15) is 35.4 Å². The van der Waals surface area contributed by atoms with E-state index in [0.717, 1.165) is 5.56 Å². The van der Waals surface area contributed by atoms with E-state index in [1.165, 1.54) is 22.3 Å². The molecule has 0 saturated heterocycles. The van der Waals surface area contributed by atoms with Crippen molar-refractivity contribution in [2.45, 2.75) is 25.2 Å². The normalized spacial score (nSPS) is 13.1. The molecule has 33 heavy (non-hydrogen) atoms. The Balaban J connectivity index is 1.42. The Morgan fingerprint density at radius 1 is 0.879 bits per heavy atom. The lowest BCUT2D eigenvalue weighted by atomic mass is 9.95. The molecule has 5 heteroatoms. The highest BCUT2D eigenvalue weighted by Gasteiger charge is 2.30. The van der Waals surface area contributed by atoms with Crippen molar-refractivity contribution >= 4 is 11.9 Å². The van der Waals surface area contributed by atoms with Gasteiger partial charge in [0.1, 0.15) is 6.61 Å². The van der Waals surface area contributed by atoms with E-state index in [4.69, 9.17) is 10.5 Å². The summed E-state index contributed by atoms with van der Waals surface area (Å²) in [6, 6.07) is 26.2. The smallest absolute Gasteiger partial charge is 0.306 e. The van der Waals surface area contributed by atoms with Gasteiger partial charge in [-0.25, -0.2) is 0 Å². The summed E-state index contributed by atoms with van der Waals surface area (Å²) < 4.78 is 5.74. The average molecular weight is 443 g/mol. The lowest BCUT2D eigenvalue weighted by Gasteiger charge is -2.18. The molecule has 170 valence electrons. The van der Waals surface area contributed by atoms with Crippen molar-refractivity contribution in [2.75, 3.05) is 19.7 Å². The molecule has 3 aromatic rings. The van der Waals surface area contributed by atoms with E-state index in [9.17, 15) is 9.59 Å². The van der Waals surface area contributed by atoms with Crippen molar-refractivity contribution < 1.29 is 14.3 Å². The maximum Gasteiger partial charge on any atom is 0.306 e. The minimum atomic E-state index is -0.485. The van der Waals surface area contributed by atoms with Gasteiger partial charge in [-0.15, -0.1) is 0 Å². The van der Waals surface area contributed by atoms with Gasteiger partial charge >= 0.3 is 5.97 Å². The molecule has 1 aliphatic rings. The van der Waals surface area contributed by atoms with Crippen molar-refractivity contribution in [2.24, 2.45) is 11.7 Å². The highest BCUT2D eigenvalue weighted by atomic mass is 16.5. The maximum atomic E-state index is 12.8. The lowest BCUT2D eigenvalue weighted by molar-refractivity contribution is -0.147. The second-order valence-electron chi connectivity index (χ2n) is 8.43. The number of nitrogens with one attached hydrogen (secondary N) is 1. The number of ether oxygens (including phenoxy) is 1. The van der Waals surface area contributed by atoms with Gasteiger partial charge in [0.2, 0.25) is 5.91 Å². The second kappa shape index (κ2) is 10.9. The Labute approximate surface area is 195 Å². The molecule has 1 aliphatic carbocycles. The minimum absolute atomic E-state index is 0.00676. The molecular weight excluding hydrogens is 412 g/mol. The summed E-state index contributed by atoms with van der Waals surface area (Å²) in [6.45, 7) is 1.28. The Kier molecular flexibility index (Phi) is 7.53. The quantitative estimate of drug-likeness (QED) is 0.367. The van der Waals surface area contributed by atoms with Crippen LogP contribution in [-0.2, 0) is 20.7 Å². The lowest BCUT2D eigenvalue weighted by Crippen LogP contribution is -2.35. The molecule has 0 radical (unpaired) electrons. The number of benzene rings is 3. The highest BCUT2D eigenvalue weighted by molar-refractivity contribution is 5.84. The molecule has 1 unspecified atom stereocenters. The summed E-state index contributed by atoms with van der Waals surface area (Å²) in [6.07, 6.45) is 1.23. The van der Waals surface area contributed by atoms with Crippen LogP contribution in [0.3, 0.4) is 0 Å². The maximum absolute atomic E-state index is 12.8. The minimum Gasteiger partial charge on any atom is -0.465 e. The molecule has 3 aromatic carbocycles. The first-order valence-electron chi connectivity index (χ1n) is 11.5. The first-order valence-corrected chi connectivity index (χ1v) is 11.5. The number of amides is 1. The first-order chi connectivity index (χ1) is 16.2. The third-order valence-corrected chi connectivity index (χ3v) is 6.16. The molecule has 0 saturated carbocycles. The standard InChI is InChI=1S/C28H30N2O3/c29-15-8-16-30-28(32)21(17-20-9-2-1-3-10-20)18-27(31)33-19-26-24-13-6-4-11-22(24)23-12-5-7-14-25(23)26/h1-7,9-14,21,26H,8,15-19,29H2,(H,30,32). The molecule has 0 aromatic heterocycles. The van der Waals surface area contributed by atoms with E-state index < -0.39 is 5.92 Å². The molecule has 0 heterocycles. The number of carbonyl (C=O) groups excluding carboxylic acids is 2. The van der Waals surface area contributed by atoms with Gasteiger partial charge in [-0.1, -0.05) is 78.9 Å². The van der Waals surface area contributed by atoms with Gasteiger partial charge < -0.3 is 15.8 Å². The van der Waals surface area contributed by atoms with Crippen LogP contribution in [-0.4, -0.2) is 31.6 Å². The number of rotatable bonds is 10. The largest absolute Gasteiger partial charge is 0.465 e. The molecule has 1 amide bonds. The number of fused-ring (bicyclic) bond motifs is 3. The predicted octanol–water partition coefficient (Wildman–Crippen LogP) is 4.06. The van der Waals surface area contributed by atoms with E-state index >= 15 is 0 Å². The van der Waals surface area contributed by atoms with Crippen LogP contribution < -0.4 is 11.1 Å². The number of nitrogens with two attached hydrogens (primary N) is 1. The number of hydrogen-bond acceptors (Lipinski definition) is 4. The van der Waals surface area contributed by atoms with E-state index in [-0.39, 0.29) is 30.8 Å². The van der Waals surface area contributed by atoms with Crippen LogP contribution in [0.2, 0.25) is 0 Å². The number of carbonyl (C=O) groups is 2. The highest BCUT2D eigenvalue weighted by Crippen LogP contribution is 2.44. The van der Waals surface area contributed by atoms with Crippen molar-refractivity contribution in [3.05, 3.63) is 95.6 Å². The van der Waals surface area contributed by atoms with Gasteiger partial charge in [0, 0.05) is 12.5 Å². The Bertz CT molecular complexity index is 1050. The van der Waals surface area contributed by atoms with E-state index in [1.54, 1.807) is 0 Å².